The summed E-state index contributed by atoms with van der Waals surface area (Å²) in [5, 5.41) is 6.98. The van der Waals surface area contributed by atoms with E-state index in [0.717, 1.165) is 79.7 Å². The topological polar surface area (TPSA) is 95.9 Å². The van der Waals surface area contributed by atoms with Crippen molar-refractivity contribution in [1.82, 2.24) is 15.2 Å². The molecule has 4 heterocycles. The van der Waals surface area contributed by atoms with Gasteiger partial charge in [-0.25, -0.2) is 13.4 Å². The number of sulfone groups is 1. The standard InChI is InChI=1S/C26H33N5O3S/c1-3-35(32,33)20-7-4-6-19(15-20)22-17-29-26(27-8-5-9-31-10-12-34-13-11-31)24-23(22)21-14-18(2)16-28-25(21)30-24/h4,6-7,14-17,23-24H,3,5,8-13H2,1-2H3,(H,27,29)(H,28,30). The predicted octanol–water partition coefficient (Wildman–Crippen LogP) is 2.83. The van der Waals surface area contributed by atoms with E-state index in [1.165, 1.54) is 0 Å². The van der Waals surface area contributed by atoms with Crippen LogP contribution in [0.1, 0.15) is 36.0 Å². The van der Waals surface area contributed by atoms with E-state index in [2.05, 4.69) is 26.6 Å². The average Bonchev–Trinajstić information content (AvgIpc) is 3.26. The van der Waals surface area contributed by atoms with Crippen molar-refractivity contribution in [3.05, 3.63) is 59.4 Å². The molecule has 0 aliphatic carbocycles. The van der Waals surface area contributed by atoms with Crippen LogP contribution < -0.4 is 10.6 Å². The number of aromatic nitrogens is 1. The molecule has 2 atom stereocenters. The van der Waals surface area contributed by atoms with E-state index < -0.39 is 9.84 Å². The molecule has 1 fully saturated rings. The van der Waals surface area contributed by atoms with Crippen LogP contribution in [-0.2, 0) is 14.6 Å². The van der Waals surface area contributed by atoms with Crippen LogP contribution in [0.4, 0.5) is 5.82 Å². The predicted molar refractivity (Wildman–Crippen MR) is 139 cm³/mol. The van der Waals surface area contributed by atoms with E-state index in [1.54, 1.807) is 19.1 Å². The molecule has 9 heteroatoms. The Morgan fingerprint density at radius 1 is 1.23 bits per heavy atom. The second-order valence-electron chi connectivity index (χ2n) is 9.30. The van der Waals surface area contributed by atoms with E-state index in [0.29, 0.717) is 4.90 Å². The first-order valence-corrected chi connectivity index (χ1v) is 14.0. The summed E-state index contributed by atoms with van der Waals surface area (Å²) >= 11 is 0. The Balaban J connectivity index is 1.43. The molecule has 0 saturated carbocycles. The van der Waals surface area contributed by atoms with Crippen molar-refractivity contribution in [2.45, 2.75) is 37.1 Å². The van der Waals surface area contributed by atoms with Crippen molar-refractivity contribution in [2.24, 2.45) is 4.99 Å². The number of aliphatic imine (C=N–C) groups is 1. The molecule has 35 heavy (non-hydrogen) atoms. The SMILES string of the molecule is CCS(=O)(=O)c1cccc(C2=CNC(=NCCCN3CCOCC3)C3Nc4ncc(C)cc4C23)c1. The third kappa shape index (κ3) is 4.98. The maximum Gasteiger partial charge on any atom is 0.178 e. The van der Waals surface area contributed by atoms with Crippen LogP contribution in [0.2, 0.25) is 0 Å². The minimum absolute atomic E-state index is 0.00350. The molecule has 186 valence electrons. The molecular formula is C26H33N5O3S. The van der Waals surface area contributed by atoms with Crippen LogP contribution in [0.3, 0.4) is 0 Å². The van der Waals surface area contributed by atoms with Crippen LogP contribution >= 0.6 is 0 Å². The Morgan fingerprint density at radius 3 is 2.86 bits per heavy atom. The van der Waals surface area contributed by atoms with Gasteiger partial charge in [-0.2, -0.15) is 0 Å². The van der Waals surface area contributed by atoms with Gasteiger partial charge in [0.2, 0.25) is 0 Å². The molecule has 0 radical (unpaired) electrons. The fourth-order valence-corrected chi connectivity index (χ4v) is 5.95. The van der Waals surface area contributed by atoms with Gasteiger partial charge >= 0.3 is 0 Å². The van der Waals surface area contributed by atoms with Crippen LogP contribution in [-0.4, -0.2) is 75.3 Å². The molecule has 3 aliphatic heterocycles. The largest absolute Gasteiger partial charge is 0.379 e. The lowest BCUT2D eigenvalue weighted by atomic mass is 9.82. The highest BCUT2D eigenvalue weighted by atomic mass is 32.2. The van der Waals surface area contributed by atoms with Crippen molar-refractivity contribution >= 4 is 27.1 Å². The molecular weight excluding hydrogens is 462 g/mol. The molecule has 2 unspecified atom stereocenters. The number of morpholine rings is 1. The zero-order chi connectivity index (χ0) is 24.4. The minimum Gasteiger partial charge on any atom is -0.379 e. The number of aryl methyl sites for hydroxylation is 1. The van der Waals surface area contributed by atoms with E-state index >= 15 is 0 Å². The van der Waals surface area contributed by atoms with E-state index in [1.807, 2.05) is 31.5 Å². The number of anilines is 1. The number of pyridine rings is 1. The van der Waals surface area contributed by atoms with Crippen LogP contribution in [0, 0.1) is 6.92 Å². The molecule has 8 nitrogen and oxygen atoms in total. The van der Waals surface area contributed by atoms with Crippen molar-refractivity contribution in [1.29, 1.82) is 0 Å². The van der Waals surface area contributed by atoms with Crippen molar-refractivity contribution in [3.63, 3.8) is 0 Å². The fourth-order valence-electron chi connectivity index (χ4n) is 5.03. The van der Waals surface area contributed by atoms with Gasteiger partial charge in [0.25, 0.3) is 0 Å². The van der Waals surface area contributed by atoms with Gasteiger partial charge in [0.05, 0.1) is 29.9 Å². The summed E-state index contributed by atoms with van der Waals surface area (Å²) in [7, 11) is -3.29. The maximum atomic E-state index is 12.5. The zero-order valence-corrected chi connectivity index (χ0v) is 21.1. The minimum atomic E-state index is -3.29. The number of hydrogen-bond donors (Lipinski definition) is 2. The van der Waals surface area contributed by atoms with E-state index in [4.69, 9.17) is 9.73 Å². The van der Waals surface area contributed by atoms with Gasteiger partial charge in [0.1, 0.15) is 11.7 Å². The normalized spacial score (nSPS) is 23.3. The first kappa shape index (κ1) is 24.0. The van der Waals surface area contributed by atoms with Gasteiger partial charge in [-0.1, -0.05) is 25.1 Å². The number of ether oxygens (including phenoxy) is 1. The highest BCUT2D eigenvalue weighted by Crippen LogP contribution is 2.45. The summed E-state index contributed by atoms with van der Waals surface area (Å²) in [5.41, 5.74) is 4.14. The van der Waals surface area contributed by atoms with Crippen LogP contribution in [0.25, 0.3) is 5.57 Å². The number of nitrogens with one attached hydrogen (secondary N) is 2. The van der Waals surface area contributed by atoms with Gasteiger partial charge in [0, 0.05) is 50.1 Å². The number of hydrogen-bond acceptors (Lipinski definition) is 7. The lowest BCUT2D eigenvalue weighted by molar-refractivity contribution is 0.0377. The molecule has 2 aromatic rings. The number of rotatable bonds is 7. The summed E-state index contributed by atoms with van der Waals surface area (Å²) in [4.78, 5) is 12.3. The molecule has 3 aliphatic rings. The number of fused-ring (bicyclic) bond motifs is 3. The molecule has 0 bridgehead atoms. The Kier molecular flexibility index (Phi) is 6.91. The molecule has 0 spiro atoms. The van der Waals surface area contributed by atoms with Gasteiger partial charge in [-0.3, -0.25) is 9.89 Å². The van der Waals surface area contributed by atoms with Gasteiger partial charge in [-0.15, -0.1) is 0 Å². The number of amidine groups is 1. The maximum absolute atomic E-state index is 12.5. The molecule has 1 saturated heterocycles. The quantitative estimate of drug-likeness (QED) is 0.570. The first-order chi connectivity index (χ1) is 17.0. The number of nitrogens with zero attached hydrogens (tertiary/aromatic N) is 3. The Bertz CT molecular complexity index is 1250. The highest BCUT2D eigenvalue weighted by Gasteiger charge is 2.41. The summed E-state index contributed by atoms with van der Waals surface area (Å²) in [6.45, 7) is 9.06. The van der Waals surface area contributed by atoms with E-state index in [9.17, 15) is 8.42 Å². The zero-order valence-electron chi connectivity index (χ0n) is 20.3. The summed E-state index contributed by atoms with van der Waals surface area (Å²) in [6.07, 6.45) is 4.84. The van der Waals surface area contributed by atoms with Gasteiger partial charge in [-0.05, 0) is 42.2 Å². The van der Waals surface area contributed by atoms with Crippen molar-refractivity contribution in [3.8, 4) is 0 Å². The summed E-state index contributed by atoms with van der Waals surface area (Å²) in [5.74, 6) is 1.83. The first-order valence-electron chi connectivity index (χ1n) is 12.3. The second-order valence-corrected chi connectivity index (χ2v) is 11.6. The Labute approximate surface area is 207 Å². The van der Waals surface area contributed by atoms with E-state index in [-0.39, 0.29) is 17.7 Å². The van der Waals surface area contributed by atoms with Gasteiger partial charge in [0.15, 0.2) is 9.84 Å². The van der Waals surface area contributed by atoms with Crippen molar-refractivity contribution in [2.75, 3.05) is 50.5 Å². The van der Waals surface area contributed by atoms with Crippen molar-refractivity contribution < 1.29 is 13.2 Å². The Morgan fingerprint density at radius 2 is 2.06 bits per heavy atom. The van der Waals surface area contributed by atoms with Crippen LogP contribution in [0.15, 0.2) is 52.6 Å². The third-order valence-corrected chi connectivity index (χ3v) is 8.68. The average molecular weight is 496 g/mol. The highest BCUT2D eigenvalue weighted by molar-refractivity contribution is 7.91. The van der Waals surface area contributed by atoms with Crippen LogP contribution in [0.5, 0.6) is 0 Å². The molecule has 1 aromatic carbocycles. The lowest BCUT2D eigenvalue weighted by Crippen LogP contribution is -2.43. The second kappa shape index (κ2) is 10.1. The van der Waals surface area contributed by atoms with Gasteiger partial charge < -0.3 is 15.4 Å². The summed E-state index contributed by atoms with van der Waals surface area (Å²) < 4.78 is 30.5. The Hall–Kier alpha value is -2.75. The third-order valence-electron chi connectivity index (χ3n) is 6.94. The molecule has 2 N–H and O–H groups in total. The summed E-state index contributed by atoms with van der Waals surface area (Å²) in [6, 6.07) is 9.35. The smallest absolute Gasteiger partial charge is 0.178 e. The molecule has 1 aromatic heterocycles. The monoisotopic (exact) mass is 495 g/mol. The molecule has 5 rings (SSSR count). The lowest BCUT2D eigenvalue weighted by Gasteiger charge is -2.30. The molecule has 0 amide bonds. The number of benzene rings is 1. The fraction of sp³-hybridized carbons (Fsp3) is 0.462.